The molecule has 1 nitrogen and oxygen atoms in total. The van der Waals surface area contributed by atoms with E-state index in [1.807, 2.05) is 39.1 Å². The summed E-state index contributed by atoms with van der Waals surface area (Å²) < 4.78 is 19.1. The van der Waals surface area contributed by atoms with Gasteiger partial charge in [0.2, 0.25) is 0 Å². The van der Waals surface area contributed by atoms with Gasteiger partial charge in [-0.2, -0.15) is 0 Å². The minimum absolute atomic E-state index is 0.500. The maximum absolute atomic E-state index is 8.97. The van der Waals surface area contributed by atoms with Crippen LogP contribution in [-0.4, -0.2) is 18.3 Å². The molecule has 0 aliphatic heterocycles. The molecule has 0 saturated heterocycles. The molecule has 0 unspecified atom stereocenters. The van der Waals surface area contributed by atoms with Crippen molar-refractivity contribution in [3.63, 3.8) is 0 Å². The average Bonchev–Trinajstić information content (AvgIpc) is 2.66. The van der Waals surface area contributed by atoms with Gasteiger partial charge in [0, 0.05) is 0 Å². The van der Waals surface area contributed by atoms with Gasteiger partial charge in [-0.05, 0) is 0 Å². The number of nitrogens with zero attached hydrogens (tertiary/aromatic N) is 1. The van der Waals surface area contributed by atoms with Crippen LogP contribution in [0, 0.1) is 12.3 Å². The Labute approximate surface area is 176 Å². The van der Waals surface area contributed by atoms with Crippen molar-refractivity contribution in [3.05, 3.63) is 71.9 Å². The molecule has 3 aromatic rings. The van der Waals surface area contributed by atoms with Gasteiger partial charge in [0.05, 0.1) is 0 Å². The predicted molar refractivity (Wildman–Crippen MR) is 126 cm³/mol. The topological polar surface area (TPSA) is 12.9 Å². The number of rotatable bonds is 4. The van der Waals surface area contributed by atoms with Crippen molar-refractivity contribution in [2.45, 2.75) is 51.3 Å². The van der Waals surface area contributed by atoms with E-state index in [2.05, 4.69) is 66.7 Å². The molecule has 0 N–H and O–H groups in total. The molecular formula is C26H33GeN. The van der Waals surface area contributed by atoms with Crippen LogP contribution in [0.5, 0.6) is 0 Å². The van der Waals surface area contributed by atoms with Gasteiger partial charge in [-0.1, -0.05) is 0 Å². The number of aromatic nitrogens is 1. The van der Waals surface area contributed by atoms with Crippen molar-refractivity contribution in [3.8, 4) is 22.4 Å². The van der Waals surface area contributed by atoms with E-state index in [1.54, 1.807) is 0 Å². The van der Waals surface area contributed by atoms with Gasteiger partial charge >= 0.3 is 176 Å². The third-order valence-corrected chi connectivity index (χ3v) is 9.06. The molecule has 1 heterocycles. The molecule has 146 valence electrons. The van der Waals surface area contributed by atoms with Gasteiger partial charge < -0.3 is 0 Å². The van der Waals surface area contributed by atoms with Crippen LogP contribution in [0.4, 0.5) is 0 Å². The summed E-state index contributed by atoms with van der Waals surface area (Å²) in [5, 5.41) is 0. The van der Waals surface area contributed by atoms with Crippen molar-refractivity contribution in [1.29, 1.82) is 0 Å². The summed E-state index contributed by atoms with van der Waals surface area (Å²) in [7, 11) is 0. The predicted octanol–water partition coefficient (Wildman–Crippen LogP) is 6.86. The Hall–Kier alpha value is -1.87. The Bertz CT molecular complexity index is 1040. The quantitative estimate of drug-likeness (QED) is 0.409. The van der Waals surface area contributed by atoms with Crippen molar-refractivity contribution in [2.24, 2.45) is 5.41 Å². The molecule has 0 spiro atoms. The molecular weight excluding hydrogens is 399 g/mol. The van der Waals surface area contributed by atoms with Crippen molar-refractivity contribution in [2.75, 3.05) is 0 Å². The maximum atomic E-state index is 8.97. The van der Waals surface area contributed by atoms with E-state index in [0.717, 1.165) is 26.8 Å². The number of pyridine rings is 1. The number of hydrogen-bond donors (Lipinski definition) is 0. The normalized spacial score (nSPS) is 13.8. The molecule has 28 heavy (non-hydrogen) atoms. The van der Waals surface area contributed by atoms with E-state index in [0.29, 0.717) is 0 Å². The number of benzene rings is 2. The molecule has 2 aromatic carbocycles. The van der Waals surface area contributed by atoms with Crippen LogP contribution in [0.2, 0.25) is 17.3 Å². The van der Waals surface area contributed by atoms with E-state index < -0.39 is 25.1 Å². The summed E-state index contributed by atoms with van der Waals surface area (Å²) in [5.74, 6) is 6.91. The zero-order valence-corrected chi connectivity index (χ0v) is 20.3. The first kappa shape index (κ1) is 18.2. The second-order valence-corrected chi connectivity index (χ2v) is 20.2. The monoisotopic (exact) mass is 435 g/mol. The fraction of sp³-hybridized carbons (Fsp3) is 0.346. The standard InChI is InChI=1S/C26H33GeN/c1-19-15-21(20-11-9-8-10-12-20)13-14-23(19)25-16-22(17-26(2,3)4)24(18-28-25)27(5,6)7/h8-16,18H,17H2,1-7H3/i17D2. The Kier molecular flexibility index (Phi) is 5.11. The van der Waals surface area contributed by atoms with Gasteiger partial charge in [-0.3, -0.25) is 0 Å². The molecule has 0 bridgehead atoms. The van der Waals surface area contributed by atoms with E-state index >= 15 is 0 Å². The zero-order chi connectivity index (χ0) is 22.3. The van der Waals surface area contributed by atoms with Crippen LogP contribution in [-0.2, 0) is 6.37 Å². The first-order valence-electron chi connectivity index (χ1n) is 11.0. The average molecular weight is 434 g/mol. The van der Waals surface area contributed by atoms with Gasteiger partial charge in [-0.25, -0.2) is 0 Å². The fourth-order valence-corrected chi connectivity index (χ4v) is 6.39. The Balaban J connectivity index is 2.15. The van der Waals surface area contributed by atoms with Crippen molar-refractivity contribution in [1.82, 2.24) is 4.98 Å². The fourth-order valence-electron chi connectivity index (χ4n) is 3.47. The first-order valence-corrected chi connectivity index (χ1v) is 17.3. The molecule has 0 fully saturated rings. The second-order valence-electron chi connectivity index (χ2n) is 9.64. The summed E-state index contributed by atoms with van der Waals surface area (Å²) in [6.45, 7) is 8.04. The molecule has 0 amide bonds. The Morgan fingerprint density at radius 1 is 0.929 bits per heavy atom. The molecule has 2 heteroatoms. The molecule has 1 aromatic heterocycles. The zero-order valence-electron chi connectivity index (χ0n) is 20.2. The summed E-state index contributed by atoms with van der Waals surface area (Å²) in [6, 6.07) is 18.8. The van der Waals surface area contributed by atoms with E-state index in [-0.39, 0.29) is 0 Å². The molecule has 0 aliphatic rings. The number of hydrogen-bond acceptors (Lipinski definition) is 1. The summed E-state index contributed by atoms with van der Waals surface area (Å²) in [5.41, 5.74) is 5.76. The van der Waals surface area contributed by atoms with E-state index in [4.69, 9.17) is 7.73 Å². The molecule has 3 rings (SSSR count). The van der Waals surface area contributed by atoms with Gasteiger partial charge in [0.1, 0.15) is 0 Å². The van der Waals surface area contributed by atoms with Crippen LogP contribution in [0.15, 0.2) is 60.8 Å². The van der Waals surface area contributed by atoms with Crippen LogP contribution in [0.3, 0.4) is 0 Å². The SMILES string of the molecule is [2H]C([2H])(c1cc(-c2ccc(-c3ccccc3)cc2C)nc[c]1[Ge]([CH3])([CH3])[CH3])C(C)(C)C. The van der Waals surface area contributed by atoms with Gasteiger partial charge in [0.15, 0.2) is 0 Å². The third kappa shape index (κ3) is 4.94. The molecule has 0 aliphatic carbocycles. The van der Waals surface area contributed by atoms with Crippen LogP contribution in [0.25, 0.3) is 22.4 Å². The Morgan fingerprint density at radius 2 is 1.61 bits per heavy atom. The summed E-state index contributed by atoms with van der Waals surface area (Å²) in [4.78, 5) is 4.82. The Morgan fingerprint density at radius 3 is 2.18 bits per heavy atom. The minimum atomic E-state index is -2.31. The summed E-state index contributed by atoms with van der Waals surface area (Å²) in [6.07, 6.45) is 0.523. The molecule has 0 radical (unpaired) electrons. The number of aryl methyl sites for hydroxylation is 1. The van der Waals surface area contributed by atoms with Crippen LogP contribution >= 0.6 is 0 Å². The van der Waals surface area contributed by atoms with E-state index in [1.165, 1.54) is 11.1 Å². The summed E-state index contributed by atoms with van der Waals surface area (Å²) >= 11 is -2.31. The van der Waals surface area contributed by atoms with Crippen LogP contribution < -0.4 is 4.40 Å². The van der Waals surface area contributed by atoms with Crippen molar-refractivity contribution < 1.29 is 2.74 Å². The van der Waals surface area contributed by atoms with Gasteiger partial charge in [-0.15, -0.1) is 0 Å². The molecule has 0 saturated carbocycles. The first-order chi connectivity index (χ1) is 13.8. The van der Waals surface area contributed by atoms with Gasteiger partial charge in [0.25, 0.3) is 0 Å². The van der Waals surface area contributed by atoms with Crippen LogP contribution in [0.1, 0.15) is 34.6 Å². The molecule has 0 atom stereocenters. The van der Waals surface area contributed by atoms with E-state index in [9.17, 15) is 0 Å². The third-order valence-electron chi connectivity index (χ3n) is 4.83. The van der Waals surface area contributed by atoms with Crippen molar-refractivity contribution >= 4 is 17.7 Å². The second kappa shape index (κ2) is 7.87.